The van der Waals surface area contributed by atoms with Gasteiger partial charge in [-0.25, -0.2) is 17.5 Å². The molecule has 0 aliphatic carbocycles. The molecule has 8 heteroatoms. The minimum absolute atomic E-state index is 0.122. The summed E-state index contributed by atoms with van der Waals surface area (Å²) in [6.07, 6.45) is 8.55. The first kappa shape index (κ1) is 18.5. The second kappa shape index (κ2) is 7.51. The summed E-state index contributed by atoms with van der Waals surface area (Å²) in [6.45, 7) is 1.14. The van der Waals surface area contributed by atoms with E-state index in [0.717, 1.165) is 24.8 Å². The highest BCUT2D eigenvalue weighted by molar-refractivity contribution is 7.88. The van der Waals surface area contributed by atoms with E-state index in [9.17, 15) is 13.2 Å². The predicted octanol–water partition coefficient (Wildman–Crippen LogP) is 2.06. The molecule has 1 saturated heterocycles. The lowest BCUT2D eigenvalue weighted by Crippen LogP contribution is -2.39. The van der Waals surface area contributed by atoms with Crippen LogP contribution >= 0.6 is 0 Å². The van der Waals surface area contributed by atoms with Crippen molar-refractivity contribution in [3.05, 3.63) is 47.9 Å². The Labute approximate surface area is 152 Å². The van der Waals surface area contributed by atoms with Crippen molar-refractivity contribution in [2.75, 3.05) is 19.3 Å². The van der Waals surface area contributed by atoms with Crippen LogP contribution in [0.25, 0.3) is 11.3 Å². The van der Waals surface area contributed by atoms with E-state index in [4.69, 9.17) is 5.11 Å². The highest BCUT2D eigenvalue weighted by atomic mass is 32.2. The van der Waals surface area contributed by atoms with Crippen LogP contribution in [-0.4, -0.2) is 53.1 Å². The SMILES string of the molecule is CS(=O)(=O)N1CCCC(Cc2ccc(-c3cncc(C(=O)O)c3)nc2)C1. The van der Waals surface area contributed by atoms with E-state index < -0.39 is 16.0 Å². The van der Waals surface area contributed by atoms with Crippen LogP contribution in [-0.2, 0) is 16.4 Å². The van der Waals surface area contributed by atoms with Crippen molar-refractivity contribution in [3.63, 3.8) is 0 Å². The van der Waals surface area contributed by atoms with E-state index in [1.807, 2.05) is 12.1 Å². The minimum atomic E-state index is -3.14. The van der Waals surface area contributed by atoms with Crippen LogP contribution in [0, 0.1) is 5.92 Å². The molecule has 2 aromatic rings. The number of hydrogen-bond acceptors (Lipinski definition) is 5. The van der Waals surface area contributed by atoms with Gasteiger partial charge in [-0.1, -0.05) is 6.07 Å². The van der Waals surface area contributed by atoms with Crippen LogP contribution in [0.4, 0.5) is 0 Å². The van der Waals surface area contributed by atoms with Crippen molar-refractivity contribution in [1.29, 1.82) is 0 Å². The monoisotopic (exact) mass is 375 g/mol. The predicted molar refractivity (Wildman–Crippen MR) is 97.3 cm³/mol. The van der Waals surface area contributed by atoms with Crippen LogP contribution in [0.2, 0.25) is 0 Å². The van der Waals surface area contributed by atoms with Crippen LogP contribution in [0.15, 0.2) is 36.8 Å². The molecule has 0 radical (unpaired) electrons. The first-order valence-electron chi connectivity index (χ1n) is 8.41. The van der Waals surface area contributed by atoms with Gasteiger partial charge in [0.2, 0.25) is 10.0 Å². The number of sulfonamides is 1. The lowest BCUT2D eigenvalue weighted by Gasteiger charge is -2.30. The zero-order valence-corrected chi connectivity index (χ0v) is 15.3. The Kier molecular flexibility index (Phi) is 5.33. The van der Waals surface area contributed by atoms with E-state index >= 15 is 0 Å². The fourth-order valence-electron chi connectivity index (χ4n) is 3.24. The summed E-state index contributed by atoms with van der Waals surface area (Å²) in [6, 6.07) is 5.34. The first-order chi connectivity index (χ1) is 12.3. The van der Waals surface area contributed by atoms with Crippen molar-refractivity contribution >= 4 is 16.0 Å². The van der Waals surface area contributed by atoms with Gasteiger partial charge >= 0.3 is 5.97 Å². The maximum atomic E-state index is 11.7. The third-order valence-electron chi connectivity index (χ3n) is 4.58. The first-order valence-corrected chi connectivity index (χ1v) is 10.3. The fourth-order valence-corrected chi connectivity index (χ4v) is 4.18. The largest absolute Gasteiger partial charge is 0.478 e. The second-order valence-corrected chi connectivity index (χ2v) is 8.63. The Morgan fingerprint density at radius 2 is 2.12 bits per heavy atom. The van der Waals surface area contributed by atoms with E-state index in [1.165, 1.54) is 12.5 Å². The zero-order valence-electron chi connectivity index (χ0n) is 14.5. The molecule has 138 valence electrons. The summed E-state index contributed by atoms with van der Waals surface area (Å²) in [7, 11) is -3.14. The maximum absolute atomic E-state index is 11.7. The number of nitrogens with zero attached hydrogens (tertiary/aromatic N) is 3. The van der Waals surface area contributed by atoms with Crippen molar-refractivity contribution in [3.8, 4) is 11.3 Å². The van der Waals surface area contributed by atoms with Gasteiger partial charge < -0.3 is 5.11 Å². The standard InChI is InChI=1S/C18H21N3O4S/c1-26(24,25)21-6-2-3-14(12-21)7-13-4-5-17(20-9-13)15-8-16(18(22)23)11-19-10-15/h4-5,8-11,14H,2-3,6-7,12H2,1H3,(H,22,23). The molecule has 1 N–H and O–H groups in total. The molecule has 0 saturated carbocycles. The molecule has 0 spiro atoms. The third kappa shape index (κ3) is 4.44. The number of hydrogen-bond donors (Lipinski definition) is 1. The molecule has 3 rings (SSSR count). The molecule has 0 amide bonds. The lowest BCUT2D eigenvalue weighted by atomic mass is 9.93. The van der Waals surface area contributed by atoms with Gasteiger partial charge in [-0.3, -0.25) is 9.97 Å². The van der Waals surface area contributed by atoms with Crippen molar-refractivity contribution < 1.29 is 18.3 Å². The van der Waals surface area contributed by atoms with Crippen LogP contribution in [0.5, 0.6) is 0 Å². The maximum Gasteiger partial charge on any atom is 0.337 e. The van der Waals surface area contributed by atoms with E-state index in [0.29, 0.717) is 24.3 Å². The van der Waals surface area contributed by atoms with Crippen LogP contribution in [0.3, 0.4) is 0 Å². The molecular formula is C18H21N3O4S. The van der Waals surface area contributed by atoms with Gasteiger partial charge in [0.15, 0.2) is 0 Å². The summed E-state index contributed by atoms with van der Waals surface area (Å²) >= 11 is 0. The molecule has 1 fully saturated rings. The zero-order chi connectivity index (χ0) is 18.7. The summed E-state index contributed by atoms with van der Waals surface area (Å²) < 4.78 is 25.0. The Morgan fingerprint density at radius 3 is 2.77 bits per heavy atom. The lowest BCUT2D eigenvalue weighted by molar-refractivity contribution is 0.0696. The highest BCUT2D eigenvalue weighted by Crippen LogP contribution is 2.23. The average Bonchev–Trinajstić information content (AvgIpc) is 2.62. The quantitative estimate of drug-likeness (QED) is 0.858. The van der Waals surface area contributed by atoms with Gasteiger partial charge in [-0.05, 0) is 42.9 Å². The topological polar surface area (TPSA) is 100 Å². The smallest absolute Gasteiger partial charge is 0.337 e. The van der Waals surface area contributed by atoms with Gasteiger partial charge in [-0.15, -0.1) is 0 Å². The summed E-state index contributed by atoms with van der Waals surface area (Å²) in [5.74, 6) is -0.744. The fraction of sp³-hybridized carbons (Fsp3) is 0.389. The van der Waals surface area contributed by atoms with E-state index in [-0.39, 0.29) is 11.5 Å². The van der Waals surface area contributed by atoms with Crippen LogP contribution in [0.1, 0.15) is 28.8 Å². The van der Waals surface area contributed by atoms with Gasteiger partial charge in [0.05, 0.1) is 17.5 Å². The number of pyridine rings is 2. The van der Waals surface area contributed by atoms with Crippen LogP contribution < -0.4 is 0 Å². The molecule has 2 aromatic heterocycles. The number of carbonyl (C=O) groups is 1. The Balaban J connectivity index is 1.70. The average molecular weight is 375 g/mol. The third-order valence-corrected chi connectivity index (χ3v) is 5.85. The summed E-state index contributed by atoms with van der Waals surface area (Å²) in [4.78, 5) is 19.4. The number of aromatic nitrogens is 2. The molecule has 1 aliphatic heterocycles. The number of piperidine rings is 1. The molecule has 0 aromatic carbocycles. The molecule has 1 aliphatic rings. The minimum Gasteiger partial charge on any atom is -0.478 e. The number of carboxylic acid groups (broad SMARTS) is 1. The summed E-state index contributed by atoms with van der Waals surface area (Å²) in [5.41, 5.74) is 2.47. The molecular weight excluding hydrogens is 354 g/mol. The number of aromatic carboxylic acids is 1. The van der Waals surface area contributed by atoms with Gasteiger partial charge in [0.25, 0.3) is 0 Å². The van der Waals surface area contributed by atoms with Gasteiger partial charge in [0.1, 0.15) is 0 Å². The molecule has 1 atom stereocenters. The Morgan fingerprint density at radius 1 is 1.31 bits per heavy atom. The van der Waals surface area contributed by atoms with E-state index in [1.54, 1.807) is 22.8 Å². The highest BCUT2D eigenvalue weighted by Gasteiger charge is 2.25. The van der Waals surface area contributed by atoms with Gasteiger partial charge in [0, 0.05) is 37.2 Å². The number of rotatable bonds is 5. The normalized spacial score (nSPS) is 18.6. The van der Waals surface area contributed by atoms with Crippen molar-refractivity contribution in [2.24, 2.45) is 5.92 Å². The molecule has 3 heterocycles. The molecule has 1 unspecified atom stereocenters. The summed E-state index contributed by atoms with van der Waals surface area (Å²) in [5, 5.41) is 9.05. The van der Waals surface area contributed by atoms with Crippen molar-refractivity contribution in [2.45, 2.75) is 19.3 Å². The Hall–Kier alpha value is -2.32. The number of carboxylic acids is 1. The van der Waals surface area contributed by atoms with E-state index in [2.05, 4.69) is 9.97 Å². The molecule has 7 nitrogen and oxygen atoms in total. The molecule has 26 heavy (non-hydrogen) atoms. The van der Waals surface area contributed by atoms with Crippen molar-refractivity contribution in [1.82, 2.24) is 14.3 Å². The molecule has 0 bridgehead atoms. The van der Waals surface area contributed by atoms with Gasteiger partial charge in [-0.2, -0.15) is 0 Å². The Bertz CT molecular complexity index is 897. The second-order valence-electron chi connectivity index (χ2n) is 6.65.